The lowest BCUT2D eigenvalue weighted by molar-refractivity contribution is -0.120. The van der Waals surface area contributed by atoms with Crippen molar-refractivity contribution in [2.45, 2.75) is 12.1 Å². The van der Waals surface area contributed by atoms with Crippen molar-refractivity contribution in [3.63, 3.8) is 0 Å². The Labute approximate surface area is 141 Å². The van der Waals surface area contributed by atoms with Gasteiger partial charge >= 0.3 is 0 Å². The van der Waals surface area contributed by atoms with Gasteiger partial charge in [0.05, 0.1) is 24.1 Å². The first-order valence-corrected chi connectivity index (χ1v) is 9.29. The van der Waals surface area contributed by atoms with E-state index in [4.69, 9.17) is 4.74 Å². The van der Waals surface area contributed by atoms with Crippen molar-refractivity contribution in [2.75, 3.05) is 44.4 Å². The molecule has 0 bridgehead atoms. The number of anilines is 1. The number of nitrogens with one attached hydrogen (secondary N) is 1. The van der Waals surface area contributed by atoms with Crippen molar-refractivity contribution < 1.29 is 22.3 Å². The topological polar surface area (TPSA) is 79.0 Å². The van der Waals surface area contributed by atoms with Crippen LogP contribution >= 0.6 is 0 Å². The van der Waals surface area contributed by atoms with Gasteiger partial charge in [0, 0.05) is 20.2 Å². The van der Waals surface area contributed by atoms with Crippen LogP contribution in [0.15, 0.2) is 24.3 Å². The summed E-state index contributed by atoms with van der Waals surface area (Å²) < 4.78 is 43.5. The van der Waals surface area contributed by atoms with Crippen molar-refractivity contribution in [1.29, 1.82) is 0 Å². The quantitative estimate of drug-likeness (QED) is 0.776. The molecule has 7 nitrogen and oxygen atoms in total. The van der Waals surface area contributed by atoms with Gasteiger partial charge in [-0.05, 0) is 25.2 Å². The van der Waals surface area contributed by atoms with Gasteiger partial charge in [-0.2, -0.15) is 0 Å². The number of nitrogens with zero attached hydrogens (tertiary/aromatic N) is 2. The highest BCUT2D eigenvalue weighted by Gasteiger charge is 2.32. The van der Waals surface area contributed by atoms with E-state index in [2.05, 4.69) is 5.32 Å². The second kappa shape index (κ2) is 7.45. The van der Waals surface area contributed by atoms with E-state index in [-0.39, 0.29) is 17.8 Å². The Morgan fingerprint density at radius 3 is 2.75 bits per heavy atom. The molecular formula is C15H22FN3O4S. The van der Waals surface area contributed by atoms with Crippen LogP contribution in [-0.4, -0.2) is 71.4 Å². The molecule has 0 aliphatic carbocycles. The lowest BCUT2D eigenvalue weighted by Gasteiger charge is -2.24. The zero-order chi connectivity index (χ0) is 17.9. The van der Waals surface area contributed by atoms with E-state index >= 15 is 0 Å². The molecule has 1 amide bonds. The summed E-state index contributed by atoms with van der Waals surface area (Å²) in [5, 5.41) is 2.79. The molecule has 24 heavy (non-hydrogen) atoms. The number of carbonyl (C=O) groups is 1. The molecule has 0 unspecified atom stereocenters. The molecule has 1 fully saturated rings. The second-order valence-corrected chi connectivity index (χ2v) is 7.83. The van der Waals surface area contributed by atoms with Gasteiger partial charge < -0.3 is 15.0 Å². The maximum Gasteiger partial charge on any atom is 0.241 e. The van der Waals surface area contributed by atoms with Gasteiger partial charge in [0.1, 0.15) is 12.4 Å². The molecule has 2 rings (SSSR count). The summed E-state index contributed by atoms with van der Waals surface area (Å²) in [7, 11) is -0.251. The molecule has 1 aliphatic rings. The van der Waals surface area contributed by atoms with Crippen LogP contribution in [0.1, 0.15) is 0 Å². The molecule has 1 aliphatic heterocycles. The molecule has 134 valence electrons. The fourth-order valence-corrected chi connectivity index (χ4v) is 3.60. The third-order valence-electron chi connectivity index (χ3n) is 3.88. The summed E-state index contributed by atoms with van der Waals surface area (Å²) in [6, 6.07) is 4.91. The van der Waals surface area contributed by atoms with Crippen molar-refractivity contribution in [1.82, 2.24) is 10.2 Å². The molecular weight excluding hydrogens is 337 g/mol. The summed E-state index contributed by atoms with van der Waals surface area (Å²) in [4.78, 5) is 14.3. The third kappa shape index (κ3) is 4.65. The normalized spacial score (nSPS) is 21.7. The minimum atomic E-state index is -3.73. The van der Waals surface area contributed by atoms with Gasteiger partial charge in [-0.3, -0.25) is 9.10 Å². The molecule has 1 aromatic carbocycles. The van der Waals surface area contributed by atoms with E-state index < -0.39 is 28.3 Å². The lowest BCUT2D eigenvalue weighted by atomic mass is 10.2. The van der Waals surface area contributed by atoms with E-state index in [1.807, 2.05) is 11.9 Å². The maximum atomic E-state index is 13.4. The van der Waals surface area contributed by atoms with Crippen LogP contribution in [0.5, 0.6) is 0 Å². The minimum absolute atomic E-state index is 0.111. The van der Waals surface area contributed by atoms with Gasteiger partial charge in [0.15, 0.2) is 0 Å². The minimum Gasteiger partial charge on any atom is -0.378 e. The van der Waals surface area contributed by atoms with Crippen molar-refractivity contribution in [2.24, 2.45) is 0 Å². The molecule has 1 saturated heterocycles. The number of hydrogen-bond donors (Lipinski definition) is 1. The lowest BCUT2D eigenvalue weighted by Crippen LogP contribution is -2.48. The smallest absolute Gasteiger partial charge is 0.241 e. The fourth-order valence-electron chi connectivity index (χ4n) is 2.75. The van der Waals surface area contributed by atoms with Crippen molar-refractivity contribution in [3.8, 4) is 0 Å². The number of likely N-dealkylation sites (tertiary alicyclic amines) is 1. The SMILES string of the molecule is CO[C@H]1CN(C)C[C@@H]1NC(=O)CN(c1cccc(F)c1)S(C)(=O)=O. The van der Waals surface area contributed by atoms with E-state index in [1.165, 1.54) is 18.2 Å². The number of ether oxygens (including phenoxy) is 1. The zero-order valence-electron chi connectivity index (χ0n) is 13.9. The summed E-state index contributed by atoms with van der Waals surface area (Å²) in [6.07, 6.45) is 0.826. The van der Waals surface area contributed by atoms with Crippen LogP contribution < -0.4 is 9.62 Å². The first kappa shape index (κ1) is 18.6. The predicted octanol–water partition coefficient (Wildman–Crippen LogP) is 0.0369. The second-order valence-electron chi connectivity index (χ2n) is 5.92. The van der Waals surface area contributed by atoms with Crippen molar-refractivity contribution in [3.05, 3.63) is 30.1 Å². The van der Waals surface area contributed by atoms with E-state index in [1.54, 1.807) is 7.11 Å². The van der Waals surface area contributed by atoms with Gasteiger partial charge in [-0.25, -0.2) is 12.8 Å². The van der Waals surface area contributed by atoms with Crippen LogP contribution in [-0.2, 0) is 19.6 Å². The molecule has 1 heterocycles. The number of halogens is 1. The number of benzene rings is 1. The van der Waals surface area contributed by atoms with Gasteiger partial charge in [-0.1, -0.05) is 6.07 Å². The van der Waals surface area contributed by atoms with Gasteiger partial charge in [-0.15, -0.1) is 0 Å². The third-order valence-corrected chi connectivity index (χ3v) is 5.02. The Morgan fingerprint density at radius 1 is 1.46 bits per heavy atom. The Bertz CT molecular complexity index is 698. The molecule has 1 N–H and O–H groups in total. The number of methoxy groups -OCH3 is 1. The first-order valence-electron chi connectivity index (χ1n) is 7.44. The standard InChI is InChI=1S/C15H22FN3O4S/c1-18-8-13(14(9-18)23-2)17-15(20)10-19(24(3,21)22)12-6-4-5-11(16)7-12/h4-7,13-14H,8-10H2,1-3H3,(H,17,20)/t13-,14-/m0/s1. The highest BCUT2D eigenvalue weighted by Crippen LogP contribution is 2.18. The average molecular weight is 359 g/mol. The van der Waals surface area contributed by atoms with Crippen LogP contribution in [0.2, 0.25) is 0 Å². The number of rotatable bonds is 6. The predicted molar refractivity (Wildman–Crippen MR) is 88.8 cm³/mol. The first-order chi connectivity index (χ1) is 11.2. The molecule has 0 radical (unpaired) electrons. The van der Waals surface area contributed by atoms with Crippen LogP contribution in [0, 0.1) is 5.82 Å². The van der Waals surface area contributed by atoms with E-state index in [9.17, 15) is 17.6 Å². The number of carbonyl (C=O) groups excluding carboxylic acids is 1. The summed E-state index contributed by atoms with van der Waals surface area (Å²) in [5.41, 5.74) is 0.111. The highest BCUT2D eigenvalue weighted by atomic mass is 32.2. The molecule has 2 atom stereocenters. The van der Waals surface area contributed by atoms with Crippen LogP contribution in [0.25, 0.3) is 0 Å². The van der Waals surface area contributed by atoms with Crippen LogP contribution in [0.3, 0.4) is 0 Å². The summed E-state index contributed by atoms with van der Waals surface area (Å²) in [6.45, 7) is 0.878. The number of sulfonamides is 1. The summed E-state index contributed by atoms with van der Waals surface area (Å²) >= 11 is 0. The van der Waals surface area contributed by atoms with Gasteiger partial charge in [0.2, 0.25) is 15.9 Å². The Kier molecular flexibility index (Phi) is 5.79. The summed E-state index contributed by atoms with van der Waals surface area (Å²) in [5.74, 6) is -1.04. The molecule has 0 aromatic heterocycles. The Hall–Kier alpha value is -1.71. The fraction of sp³-hybridized carbons (Fsp3) is 0.533. The maximum absolute atomic E-state index is 13.4. The average Bonchev–Trinajstić information content (AvgIpc) is 2.83. The van der Waals surface area contributed by atoms with Crippen molar-refractivity contribution >= 4 is 21.6 Å². The van der Waals surface area contributed by atoms with E-state index in [0.717, 1.165) is 16.6 Å². The number of amides is 1. The molecule has 1 aromatic rings. The molecule has 0 spiro atoms. The number of hydrogen-bond acceptors (Lipinski definition) is 5. The highest BCUT2D eigenvalue weighted by molar-refractivity contribution is 7.92. The largest absolute Gasteiger partial charge is 0.378 e. The zero-order valence-corrected chi connectivity index (χ0v) is 14.7. The molecule has 0 saturated carbocycles. The molecule has 9 heteroatoms. The van der Waals surface area contributed by atoms with E-state index in [0.29, 0.717) is 13.1 Å². The monoisotopic (exact) mass is 359 g/mol. The Morgan fingerprint density at radius 2 is 2.17 bits per heavy atom. The number of likely N-dealkylation sites (N-methyl/N-ethyl adjacent to an activating group) is 1. The Balaban J connectivity index is 2.11. The van der Waals surface area contributed by atoms with Crippen LogP contribution in [0.4, 0.5) is 10.1 Å². The van der Waals surface area contributed by atoms with Gasteiger partial charge in [0.25, 0.3) is 0 Å².